The lowest BCUT2D eigenvalue weighted by atomic mass is 9.86. The summed E-state index contributed by atoms with van der Waals surface area (Å²) in [6, 6.07) is 17.0. The number of anilines is 2. The van der Waals surface area contributed by atoms with Crippen LogP contribution in [0.15, 0.2) is 67.4 Å². The van der Waals surface area contributed by atoms with E-state index in [4.69, 9.17) is 28.2 Å². The average molecular weight is 457 g/mol. The summed E-state index contributed by atoms with van der Waals surface area (Å²) in [5, 5.41) is 27.1. The number of halogens is 1. The molecule has 0 aliphatic heterocycles. The Morgan fingerprint density at radius 3 is 2.39 bits per heavy atom. The minimum absolute atomic E-state index is 0.0649. The zero-order valence-corrected chi connectivity index (χ0v) is 19.5. The van der Waals surface area contributed by atoms with Crippen molar-refractivity contribution in [2.24, 2.45) is 0 Å². The number of nitrogens with zero attached hydrogens (tertiary/aromatic N) is 3. The molecular weight excluding hydrogens is 432 g/mol. The Balaban J connectivity index is 2.07. The van der Waals surface area contributed by atoms with Crippen LogP contribution in [-0.2, 0) is 5.41 Å². The zero-order valence-electron chi connectivity index (χ0n) is 18.8. The lowest BCUT2D eigenvalue weighted by molar-refractivity contribution is 0.687. The van der Waals surface area contributed by atoms with Crippen molar-refractivity contribution < 1.29 is 0 Å². The molecule has 7 heteroatoms. The van der Waals surface area contributed by atoms with Gasteiger partial charge in [-0.3, -0.25) is 15.7 Å². The van der Waals surface area contributed by atoms with Crippen LogP contribution in [0, 0.1) is 29.1 Å². The van der Waals surface area contributed by atoms with Crippen molar-refractivity contribution in [2.45, 2.75) is 26.2 Å². The van der Waals surface area contributed by atoms with Crippen LogP contribution in [0.5, 0.6) is 0 Å². The minimum atomic E-state index is -0.631. The number of hydrogen-bond donors (Lipinski definition) is 3. The van der Waals surface area contributed by atoms with Crippen molar-refractivity contribution >= 4 is 34.8 Å². The molecule has 33 heavy (non-hydrogen) atoms. The molecule has 0 radical (unpaired) electrons. The molecule has 1 heterocycles. The number of aryl methyl sites for hydroxylation is 1. The molecule has 0 aliphatic carbocycles. The topological polar surface area (TPSA) is 114 Å². The summed E-state index contributed by atoms with van der Waals surface area (Å²) in [5.74, 6) is 0.442. The van der Waals surface area contributed by atoms with Crippen LogP contribution >= 0.6 is 11.6 Å². The van der Waals surface area contributed by atoms with Crippen LogP contribution in [-0.4, -0.2) is 16.7 Å². The summed E-state index contributed by atoms with van der Waals surface area (Å²) < 4.78 is 0. The molecule has 166 valence electrons. The van der Waals surface area contributed by atoms with Crippen molar-refractivity contribution in [3.05, 3.63) is 89.1 Å². The summed E-state index contributed by atoms with van der Waals surface area (Å²) >= 11 is 6.16. The summed E-state index contributed by atoms with van der Waals surface area (Å²) in [4.78, 5) is 5.66. The van der Waals surface area contributed by atoms with Crippen molar-refractivity contribution in [1.82, 2.24) is 4.98 Å². The maximum atomic E-state index is 9.39. The monoisotopic (exact) mass is 456 g/mol. The highest BCUT2D eigenvalue weighted by atomic mass is 35.5. The first-order valence-electron chi connectivity index (χ1n) is 10.2. The highest BCUT2D eigenvalue weighted by Gasteiger charge is 2.23. The number of pyridine rings is 1. The fraction of sp³-hybridized carbons (Fsp3) is 0.154. The van der Waals surface area contributed by atoms with E-state index in [-0.39, 0.29) is 17.5 Å². The molecule has 0 saturated heterocycles. The molecule has 3 rings (SSSR count). The van der Waals surface area contributed by atoms with E-state index >= 15 is 0 Å². The molecule has 0 spiro atoms. The number of amidine groups is 2. The third-order valence-corrected chi connectivity index (χ3v) is 5.77. The van der Waals surface area contributed by atoms with Gasteiger partial charge in [-0.2, -0.15) is 5.26 Å². The standard InChI is InChI=1S/C26H25ClN6/c1-5-23(29)33(25(31)17-8-10-20(11-9-17)26(3,4)15-28)22-13-18(7-6-16(22)2)19-12-21(27)24(30)32-14-19/h5-14,29,31H,1H2,2-4H3,(H2,30,32). The first-order valence-corrected chi connectivity index (χ1v) is 10.6. The quantitative estimate of drug-likeness (QED) is 0.318. The third kappa shape index (κ3) is 4.79. The van der Waals surface area contributed by atoms with Crippen LogP contribution in [0.3, 0.4) is 0 Å². The Morgan fingerprint density at radius 1 is 1.15 bits per heavy atom. The normalized spacial score (nSPS) is 10.9. The fourth-order valence-electron chi connectivity index (χ4n) is 3.34. The van der Waals surface area contributed by atoms with Crippen molar-refractivity contribution in [1.29, 1.82) is 16.1 Å². The summed E-state index contributed by atoms with van der Waals surface area (Å²) in [7, 11) is 0. The van der Waals surface area contributed by atoms with E-state index in [0.717, 1.165) is 22.3 Å². The van der Waals surface area contributed by atoms with Gasteiger partial charge in [0.1, 0.15) is 17.5 Å². The van der Waals surface area contributed by atoms with Gasteiger partial charge in [-0.05, 0) is 55.7 Å². The van der Waals surface area contributed by atoms with Gasteiger partial charge >= 0.3 is 0 Å². The maximum absolute atomic E-state index is 9.39. The van der Waals surface area contributed by atoms with Crippen LogP contribution in [0.25, 0.3) is 11.1 Å². The Bertz CT molecular complexity index is 1290. The Morgan fingerprint density at radius 2 is 1.82 bits per heavy atom. The van der Waals surface area contributed by atoms with E-state index in [2.05, 4.69) is 17.6 Å². The van der Waals surface area contributed by atoms with Crippen LogP contribution < -0.4 is 10.6 Å². The molecule has 2 aromatic carbocycles. The van der Waals surface area contributed by atoms with Gasteiger partial charge in [-0.1, -0.05) is 54.6 Å². The van der Waals surface area contributed by atoms with E-state index in [1.807, 2.05) is 51.1 Å². The lowest BCUT2D eigenvalue weighted by Gasteiger charge is -2.27. The molecule has 0 aliphatic rings. The van der Waals surface area contributed by atoms with Gasteiger partial charge < -0.3 is 5.73 Å². The molecule has 0 saturated carbocycles. The second-order valence-corrected chi connectivity index (χ2v) is 8.59. The van der Waals surface area contributed by atoms with Crippen LogP contribution in [0.2, 0.25) is 5.02 Å². The van der Waals surface area contributed by atoms with Gasteiger partial charge in [0, 0.05) is 17.3 Å². The summed E-state index contributed by atoms with van der Waals surface area (Å²) in [6.45, 7) is 9.35. The second-order valence-electron chi connectivity index (χ2n) is 8.18. The van der Waals surface area contributed by atoms with Gasteiger partial charge in [0.25, 0.3) is 0 Å². The molecule has 6 nitrogen and oxygen atoms in total. The predicted octanol–water partition coefficient (Wildman–Crippen LogP) is 6.09. The third-order valence-electron chi connectivity index (χ3n) is 5.47. The van der Waals surface area contributed by atoms with Crippen LogP contribution in [0.4, 0.5) is 11.5 Å². The summed E-state index contributed by atoms with van der Waals surface area (Å²) in [5.41, 5.74) is 9.72. The number of nitriles is 1. The van der Waals surface area contributed by atoms with E-state index in [1.54, 1.807) is 24.4 Å². The number of rotatable bonds is 5. The van der Waals surface area contributed by atoms with E-state index < -0.39 is 5.41 Å². The van der Waals surface area contributed by atoms with Gasteiger partial charge in [0.05, 0.1) is 22.2 Å². The predicted molar refractivity (Wildman–Crippen MR) is 136 cm³/mol. The number of nitrogens with one attached hydrogen (secondary N) is 2. The Hall–Kier alpha value is -3.95. The SMILES string of the molecule is C=CC(=N)N(C(=N)c1ccc(C(C)(C)C#N)cc1)c1cc(-c2cnc(N)c(Cl)c2)ccc1C. The molecule has 0 fully saturated rings. The molecule has 1 aromatic heterocycles. The molecule has 0 unspecified atom stereocenters. The minimum Gasteiger partial charge on any atom is -0.382 e. The number of hydrogen-bond acceptors (Lipinski definition) is 5. The Labute approximate surface area is 199 Å². The first-order chi connectivity index (χ1) is 15.6. The van der Waals surface area contributed by atoms with Gasteiger partial charge in [0.15, 0.2) is 0 Å². The van der Waals surface area contributed by atoms with E-state index in [0.29, 0.717) is 16.3 Å². The van der Waals surface area contributed by atoms with E-state index in [1.165, 1.54) is 11.0 Å². The maximum Gasteiger partial charge on any atom is 0.142 e. The zero-order chi connectivity index (χ0) is 24.3. The second kappa shape index (κ2) is 9.27. The number of nitrogens with two attached hydrogens (primary N) is 1. The molecule has 0 amide bonds. The molecule has 3 aromatic rings. The highest BCUT2D eigenvalue weighted by molar-refractivity contribution is 6.33. The molecule has 0 atom stereocenters. The Kier molecular flexibility index (Phi) is 6.66. The van der Waals surface area contributed by atoms with Crippen LogP contribution in [0.1, 0.15) is 30.5 Å². The fourth-order valence-corrected chi connectivity index (χ4v) is 3.50. The van der Waals surface area contributed by atoms with Gasteiger partial charge in [-0.25, -0.2) is 4.98 Å². The van der Waals surface area contributed by atoms with Crippen molar-refractivity contribution in [2.75, 3.05) is 10.6 Å². The van der Waals surface area contributed by atoms with Gasteiger partial charge in [-0.15, -0.1) is 0 Å². The highest BCUT2D eigenvalue weighted by Crippen LogP contribution is 2.31. The van der Waals surface area contributed by atoms with Gasteiger partial charge in [0.2, 0.25) is 0 Å². The smallest absolute Gasteiger partial charge is 0.142 e. The molecule has 4 N–H and O–H groups in total. The number of aromatic nitrogens is 1. The van der Waals surface area contributed by atoms with Crippen molar-refractivity contribution in [3.63, 3.8) is 0 Å². The largest absolute Gasteiger partial charge is 0.382 e. The van der Waals surface area contributed by atoms with Crippen molar-refractivity contribution in [3.8, 4) is 17.2 Å². The number of nitrogen functional groups attached to an aromatic ring is 1. The lowest BCUT2D eigenvalue weighted by Crippen LogP contribution is -2.36. The molecule has 0 bridgehead atoms. The molecular formula is C26H25ClN6. The van der Waals surface area contributed by atoms with E-state index in [9.17, 15) is 5.26 Å². The average Bonchev–Trinajstić information content (AvgIpc) is 2.82. The summed E-state index contributed by atoms with van der Waals surface area (Å²) in [6.07, 6.45) is 3.04. The first kappa shape index (κ1) is 23.7. The number of benzene rings is 2.